The van der Waals surface area contributed by atoms with E-state index in [4.69, 9.17) is 11.5 Å². The summed E-state index contributed by atoms with van der Waals surface area (Å²) in [4.78, 5) is 66.1. The van der Waals surface area contributed by atoms with E-state index in [2.05, 4.69) is 57.8 Å². The Morgan fingerprint density at radius 2 is 1.19 bits per heavy atom. The molecule has 0 bridgehead atoms. The van der Waals surface area contributed by atoms with Crippen LogP contribution in [0, 0.1) is 5.92 Å². The third kappa shape index (κ3) is 15.7. The van der Waals surface area contributed by atoms with E-state index in [1.54, 1.807) is 12.1 Å². The highest BCUT2D eigenvalue weighted by Gasteiger charge is 2.31. The molecular weight excluding hydrogens is 677 g/mol. The van der Waals surface area contributed by atoms with Gasteiger partial charge in [0.25, 0.3) is 5.91 Å². The Balaban J connectivity index is 2.11. The highest BCUT2D eigenvalue weighted by molar-refractivity contribution is 6.43. The number of hydrogen-bond donors (Lipinski definition) is 9. The summed E-state index contributed by atoms with van der Waals surface area (Å²) in [7, 11) is -1.79. The molecule has 2 aromatic rings. The molecule has 0 spiro atoms. The predicted octanol–water partition coefficient (Wildman–Crippen LogP) is 1.31. The smallest absolute Gasteiger partial charge is 0.426 e. The van der Waals surface area contributed by atoms with Gasteiger partial charge in [0.15, 0.2) is 0 Å². The lowest BCUT2D eigenvalue weighted by atomic mass is 9.81. The second-order valence-electron chi connectivity index (χ2n) is 14.0. The summed E-state index contributed by atoms with van der Waals surface area (Å²) in [5.74, 6) is -3.94. The monoisotopic (exact) mass is 737 g/mol. The number of carbonyl (C=O) groups excluding carboxylic acids is 5. The number of hydrogen-bond acceptors (Lipinski definition) is 9. The summed E-state index contributed by atoms with van der Waals surface area (Å²) >= 11 is 0. The van der Waals surface area contributed by atoms with Gasteiger partial charge >= 0.3 is 7.12 Å². The molecule has 53 heavy (non-hydrogen) atoms. The molecule has 0 aliphatic heterocycles. The molecule has 5 amide bonds. The molecule has 2 rings (SSSR count). The van der Waals surface area contributed by atoms with Crippen molar-refractivity contribution >= 4 is 36.7 Å². The summed E-state index contributed by atoms with van der Waals surface area (Å²) in [6.07, 6.45) is 5.06. The summed E-state index contributed by atoms with van der Waals surface area (Å²) in [6.45, 7) is 9.18. The molecule has 0 aliphatic rings. The fourth-order valence-electron chi connectivity index (χ4n) is 5.55. The van der Waals surface area contributed by atoms with E-state index in [0.717, 1.165) is 30.4 Å². The van der Waals surface area contributed by atoms with Gasteiger partial charge in [-0.05, 0) is 107 Å². The lowest BCUT2D eigenvalue weighted by Crippen LogP contribution is -2.58. The summed E-state index contributed by atoms with van der Waals surface area (Å²) in [6, 6.07) is 11.3. The van der Waals surface area contributed by atoms with Gasteiger partial charge in [-0.1, -0.05) is 63.6 Å². The van der Waals surface area contributed by atoms with Crippen LogP contribution >= 0.6 is 0 Å². The molecule has 0 unspecified atom stereocenters. The molecule has 0 saturated carbocycles. The van der Waals surface area contributed by atoms with Gasteiger partial charge in [-0.3, -0.25) is 24.0 Å². The predicted molar refractivity (Wildman–Crippen MR) is 207 cm³/mol. The first kappa shape index (κ1) is 44.9. The number of carbonyl (C=O) groups is 5. The van der Waals surface area contributed by atoms with Crippen LogP contribution in [-0.2, 0) is 25.6 Å². The van der Waals surface area contributed by atoms with Gasteiger partial charge in [0.05, 0.1) is 5.94 Å². The number of aryl methyl sites for hydroxylation is 1. The molecule has 11 N–H and O–H groups in total. The second kappa shape index (κ2) is 23.4. The van der Waals surface area contributed by atoms with E-state index in [-0.39, 0.29) is 31.7 Å². The third-order valence-corrected chi connectivity index (χ3v) is 8.82. The number of benzene rings is 2. The Morgan fingerprint density at radius 1 is 0.642 bits per heavy atom. The van der Waals surface area contributed by atoms with E-state index in [1.165, 1.54) is 19.4 Å². The van der Waals surface area contributed by atoms with Gasteiger partial charge in [-0.25, -0.2) is 0 Å². The van der Waals surface area contributed by atoms with Crippen molar-refractivity contribution in [3.8, 4) is 11.1 Å². The number of amides is 5. The number of unbranched alkanes of at least 4 members (excludes halogenated alkanes) is 2. The van der Waals surface area contributed by atoms with E-state index in [1.807, 2.05) is 26.0 Å². The summed E-state index contributed by atoms with van der Waals surface area (Å²) < 4.78 is 0. The molecule has 15 heteroatoms. The molecule has 292 valence electrons. The fraction of sp³-hybridized carbons (Fsp3) is 0.553. The van der Waals surface area contributed by atoms with Crippen LogP contribution in [-0.4, -0.2) is 89.9 Å². The molecule has 5 atom stereocenters. The molecular formula is C38H60BN7O7. The first-order chi connectivity index (χ1) is 25.2. The average Bonchev–Trinajstić information content (AvgIpc) is 3.12. The van der Waals surface area contributed by atoms with Crippen LogP contribution in [0.1, 0.15) is 95.5 Å². The zero-order valence-corrected chi connectivity index (χ0v) is 31.8. The van der Waals surface area contributed by atoms with Gasteiger partial charge in [-0.2, -0.15) is 0 Å². The van der Waals surface area contributed by atoms with Gasteiger partial charge in [0.1, 0.15) is 24.2 Å². The van der Waals surface area contributed by atoms with Gasteiger partial charge in [0, 0.05) is 5.56 Å². The largest absolute Gasteiger partial charge is 0.475 e. The number of nitrogens with two attached hydrogens (primary N) is 2. The molecule has 0 fully saturated rings. The zero-order valence-electron chi connectivity index (χ0n) is 31.8. The number of rotatable bonds is 23. The number of nitrogens with one attached hydrogen (secondary N) is 5. The third-order valence-electron chi connectivity index (χ3n) is 8.82. The van der Waals surface area contributed by atoms with Crippen molar-refractivity contribution in [1.82, 2.24) is 26.6 Å². The SMILES string of the molecule is CCCCc1ccc(-c2ccc(C(=O)N[C@@H](CCCCN)C(=O)N[C@@H](CCN)C(=O)N[C@@H](C)C(=O)N[C@@H](CC(C)C)C(=O)N[C@@H](C)B(O)O)cc2)cc1. The van der Waals surface area contributed by atoms with E-state index in [9.17, 15) is 34.0 Å². The van der Waals surface area contributed by atoms with Crippen LogP contribution in [0.15, 0.2) is 48.5 Å². The Morgan fingerprint density at radius 3 is 1.74 bits per heavy atom. The molecule has 2 aromatic carbocycles. The normalized spacial score (nSPS) is 13.9. The van der Waals surface area contributed by atoms with E-state index in [0.29, 0.717) is 24.9 Å². The second-order valence-corrected chi connectivity index (χ2v) is 14.0. The minimum absolute atomic E-state index is 0.00475. The molecule has 0 saturated heterocycles. The summed E-state index contributed by atoms with van der Waals surface area (Å²) in [5, 5.41) is 31.9. The molecule has 0 radical (unpaired) electrons. The van der Waals surface area contributed by atoms with Crippen molar-refractivity contribution in [3.63, 3.8) is 0 Å². The minimum atomic E-state index is -1.79. The van der Waals surface area contributed by atoms with Crippen molar-refractivity contribution in [2.24, 2.45) is 17.4 Å². The molecule has 0 heterocycles. The zero-order chi connectivity index (χ0) is 39.5. The maximum Gasteiger partial charge on any atom is 0.475 e. The molecule has 0 aliphatic carbocycles. The Labute approximate surface area is 314 Å². The summed E-state index contributed by atoms with van der Waals surface area (Å²) in [5.41, 5.74) is 15.1. The Bertz CT molecular complexity index is 1460. The maximum atomic E-state index is 13.6. The van der Waals surface area contributed by atoms with Crippen LogP contribution in [0.4, 0.5) is 0 Å². The first-order valence-corrected chi connectivity index (χ1v) is 18.7. The maximum absolute atomic E-state index is 13.6. The molecule has 14 nitrogen and oxygen atoms in total. The van der Waals surface area contributed by atoms with Crippen molar-refractivity contribution in [1.29, 1.82) is 0 Å². The standard InChI is InChI=1S/C38H60BN7O7/c1-6-7-10-27-12-14-28(15-13-27)29-16-18-30(19-17-29)35(48)44-31(11-8-9-21-40)37(50)45-32(20-22-41)36(49)42-25(4)34(47)46-33(23-24(2)3)38(51)43-26(5)39(52)53/h12-19,24-26,31-33,52-53H,6-11,20-23,40-41H2,1-5H3,(H,42,49)(H,43,51)(H,44,48)(H,45,50)(H,46,47)/t25-,26-,31-,32-,33-/m0/s1. The van der Waals surface area contributed by atoms with Gasteiger partial charge < -0.3 is 48.1 Å². The topological polar surface area (TPSA) is 238 Å². The average molecular weight is 738 g/mol. The fourth-order valence-corrected chi connectivity index (χ4v) is 5.55. The van der Waals surface area contributed by atoms with Crippen molar-refractivity contribution < 1.29 is 34.0 Å². The Hall–Kier alpha value is -4.31. The van der Waals surface area contributed by atoms with Crippen molar-refractivity contribution in [2.75, 3.05) is 13.1 Å². The first-order valence-electron chi connectivity index (χ1n) is 18.7. The molecule has 0 aromatic heterocycles. The van der Waals surface area contributed by atoms with E-state index < -0.39 is 66.8 Å². The van der Waals surface area contributed by atoms with Crippen LogP contribution in [0.25, 0.3) is 11.1 Å². The van der Waals surface area contributed by atoms with E-state index >= 15 is 0 Å². The lowest BCUT2D eigenvalue weighted by molar-refractivity contribution is -0.134. The highest BCUT2D eigenvalue weighted by Crippen LogP contribution is 2.21. The van der Waals surface area contributed by atoms with Crippen LogP contribution in [0.2, 0.25) is 0 Å². The lowest BCUT2D eigenvalue weighted by Gasteiger charge is -2.26. The van der Waals surface area contributed by atoms with Crippen LogP contribution in [0.3, 0.4) is 0 Å². The van der Waals surface area contributed by atoms with Crippen LogP contribution in [0.5, 0.6) is 0 Å². The van der Waals surface area contributed by atoms with Gasteiger partial charge in [-0.15, -0.1) is 0 Å². The van der Waals surface area contributed by atoms with Gasteiger partial charge in [0.2, 0.25) is 23.6 Å². The quantitative estimate of drug-likeness (QED) is 0.0590. The van der Waals surface area contributed by atoms with Crippen LogP contribution < -0.4 is 38.1 Å². The van der Waals surface area contributed by atoms with Crippen molar-refractivity contribution in [3.05, 3.63) is 59.7 Å². The van der Waals surface area contributed by atoms with Crippen molar-refractivity contribution in [2.45, 2.75) is 116 Å². The minimum Gasteiger partial charge on any atom is -0.426 e. The Kier molecular flexibility index (Phi) is 19.8. The highest BCUT2D eigenvalue weighted by atomic mass is 16.4.